The molecule has 10 heteroatoms. The molecule has 4 saturated heterocycles. The van der Waals surface area contributed by atoms with Crippen LogP contribution in [-0.4, -0.2) is 94.2 Å². The number of fused-ring (bicyclic) bond motifs is 2. The van der Waals surface area contributed by atoms with Crippen LogP contribution in [0.4, 0.5) is 10.6 Å². The molecule has 8 rings (SSSR count). The van der Waals surface area contributed by atoms with Gasteiger partial charge in [0.2, 0.25) is 0 Å². The number of benzene rings is 2. The molecular formula is C42H55N7O3. The maximum Gasteiger partial charge on any atom is 0.410 e. The van der Waals surface area contributed by atoms with Gasteiger partial charge >= 0.3 is 6.09 Å². The van der Waals surface area contributed by atoms with Crippen LogP contribution >= 0.6 is 0 Å². The standard InChI is InChI=1S/C42H55N7O3/c1-8-29-23-31-37(28(3)36(29)35-27(2)12-13-33-32(35)24-43-49(33)34-11-9-10-22-51-34)44-38(30-14-18-46(7)19-15-30)45-39(31)47-20-16-42(17-21-47)25-48(26-42)40(50)52-41(4,5)6/h8,12-13,23-24,30,34H,1,9-11,14-22,25-26H2,2-7H3. The highest BCUT2D eigenvalue weighted by Crippen LogP contribution is 2.45. The molecule has 2 aromatic carbocycles. The molecule has 6 heterocycles. The first-order valence-corrected chi connectivity index (χ1v) is 19.4. The van der Waals surface area contributed by atoms with E-state index in [2.05, 4.69) is 60.2 Å². The second kappa shape index (κ2) is 13.4. The first-order chi connectivity index (χ1) is 24.9. The zero-order valence-electron chi connectivity index (χ0n) is 32.0. The van der Waals surface area contributed by atoms with Crippen LogP contribution in [0.3, 0.4) is 0 Å². The number of carbonyl (C=O) groups excluding carboxylic acids is 1. The fourth-order valence-electron chi connectivity index (χ4n) is 9.08. The molecular weight excluding hydrogens is 651 g/mol. The van der Waals surface area contributed by atoms with Crippen molar-refractivity contribution in [3.63, 3.8) is 0 Å². The molecule has 0 N–H and O–H groups in total. The van der Waals surface area contributed by atoms with E-state index in [1.807, 2.05) is 37.9 Å². The fraction of sp³-hybridized carbons (Fsp3) is 0.571. The topological polar surface area (TPSA) is 88.9 Å². The van der Waals surface area contributed by atoms with E-state index in [4.69, 9.17) is 24.5 Å². The quantitative estimate of drug-likeness (QED) is 0.205. The number of carbonyl (C=O) groups is 1. The Bertz CT molecular complexity index is 2000. The lowest BCUT2D eigenvalue weighted by Gasteiger charge is -2.53. The second-order valence-electron chi connectivity index (χ2n) is 17.0. The lowest BCUT2D eigenvalue weighted by Crippen LogP contribution is -2.62. The van der Waals surface area contributed by atoms with Crippen LogP contribution in [0.1, 0.15) is 100 Å². The van der Waals surface area contributed by atoms with Gasteiger partial charge in [-0.2, -0.15) is 5.10 Å². The van der Waals surface area contributed by atoms with Crippen LogP contribution in [0.15, 0.2) is 31.0 Å². The van der Waals surface area contributed by atoms with Crippen molar-refractivity contribution in [1.82, 2.24) is 29.5 Å². The summed E-state index contributed by atoms with van der Waals surface area (Å²) >= 11 is 0. The third-order valence-corrected chi connectivity index (χ3v) is 12.1. The maximum absolute atomic E-state index is 12.8. The van der Waals surface area contributed by atoms with E-state index in [1.54, 1.807) is 0 Å². The Hall–Kier alpha value is -4.02. The predicted octanol–water partition coefficient (Wildman–Crippen LogP) is 8.25. The van der Waals surface area contributed by atoms with E-state index < -0.39 is 5.60 Å². The highest BCUT2D eigenvalue weighted by molar-refractivity contribution is 6.05. The van der Waals surface area contributed by atoms with E-state index in [-0.39, 0.29) is 17.7 Å². The maximum atomic E-state index is 12.8. The van der Waals surface area contributed by atoms with Crippen molar-refractivity contribution >= 4 is 39.8 Å². The van der Waals surface area contributed by atoms with Gasteiger partial charge in [0.15, 0.2) is 6.23 Å². The number of hydrogen-bond donors (Lipinski definition) is 0. The van der Waals surface area contributed by atoms with Crippen molar-refractivity contribution in [2.45, 2.75) is 97.3 Å². The number of amides is 1. The predicted molar refractivity (Wildman–Crippen MR) is 208 cm³/mol. The Kier molecular flexibility index (Phi) is 9.05. The second-order valence-corrected chi connectivity index (χ2v) is 17.0. The number of anilines is 1. The molecule has 0 aliphatic carbocycles. The lowest BCUT2D eigenvalue weighted by atomic mass is 9.72. The Morgan fingerprint density at radius 1 is 1.00 bits per heavy atom. The number of hydrogen-bond acceptors (Lipinski definition) is 8. The highest BCUT2D eigenvalue weighted by Gasteiger charge is 2.48. The number of likely N-dealkylation sites (tertiary alicyclic amines) is 2. The molecule has 1 amide bonds. The molecule has 1 spiro atoms. The van der Waals surface area contributed by atoms with Crippen molar-refractivity contribution in [3.8, 4) is 11.1 Å². The largest absolute Gasteiger partial charge is 0.444 e. The first-order valence-electron chi connectivity index (χ1n) is 19.4. The van der Waals surface area contributed by atoms with Crippen LogP contribution in [0.5, 0.6) is 0 Å². The van der Waals surface area contributed by atoms with Crippen LogP contribution in [0.2, 0.25) is 0 Å². The molecule has 1 unspecified atom stereocenters. The monoisotopic (exact) mass is 705 g/mol. The number of aromatic nitrogens is 4. The van der Waals surface area contributed by atoms with Crippen LogP contribution in [0.25, 0.3) is 39.0 Å². The molecule has 4 aliphatic rings. The third-order valence-electron chi connectivity index (χ3n) is 12.1. The molecule has 0 radical (unpaired) electrons. The highest BCUT2D eigenvalue weighted by atomic mass is 16.6. The molecule has 10 nitrogen and oxygen atoms in total. The smallest absolute Gasteiger partial charge is 0.410 e. The van der Waals surface area contributed by atoms with Gasteiger partial charge in [-0.3, -0.25) is 0 Å². The molecule has 4 aliphatic heterocycles. The summed E-state index contributed by atoms with van der Waals surface area (Å²) in [6, 6.07) is 6.70. The number of piperidine rings is 2. The number of ether oxygens (including phenoxy) is 2. The third kappa shape index (κ3) is 6.36. The normalized spacial score (nSPS) is 21.5. The average molecular weight is 706 g/mol. The lowest BCUT2D eigenvalue weighted by molar-refractivity contribution is -0.0434. The van der Waals surface area contributed by atoms with Crippen LogP contribution in [-0.2, 0) is 9.47 Å². The average Bonchev–Trinajstić information content (AvgIpc) is 3.55. The summed E-state index contributed by atoms with van der Waals surface area (Å²) < 4.78 is 13.9. The van der Waals surface area contributed by atoms with Crippen LogP contribution < -0.4 is 4.90 Å². The summed E-state index contributed by atoms with van der Waals surface area (Å²) in [5.74, 6) is 2.32. The molecule has 4 fully saturated rings. The van der Waals surface area contributed by atoms with Crippen molar-refractivity contribution in [1.29, 1.82) is 0 Å². The Labute approximate surface area is 308 Å². The summed E-state index contributed by atoms with van der Waals surface area (Å²) in [5.41, 5.74) is 7.59. The van der Waals surface area contributed by atoms with Gasteiger partial charge in [-0.1, -0.05) is 18.7 Å². The molecule has 52 heavy (non-hydrogen) atoms. The van der Waals surface area contributed by atoms with Crippen molar-refractivity contribution < 1.29 is 14.3 Å². The SMILES string of the molecule is C=Cc1cc2c(N3CCC4(CC3)CN(C(=O)OC(C)(C)C)C4)nc(C3CCN(C)CC3)nc2c(C)c1-c1c(C)ccc2c1cnn2C1CCCCO1. The van der Waals surface area contributed by atoms with E-state index in [0.717, 1.165) is 135 Å². The van der Waals surface area contributed by atoms with Gasteiger partial charge in [-0.15, -0.1) is 0 Å². The molecule has 4 aromatic rings. The van der Waals surface area contributed by atoms with Crippen molar-refractivity contribution in [2.75, 3.05) is 57.8 Å². The number of aryl methyl sites for hydroxylation is 2. The molecule has 2 aromatic heterocycles. The molecule has 276 valence electrons. The summed E-state index contributed by atoms with van der Waals surface area (Å²) in [7, 11) is 2.20. The van der Waals surface area contributed by atoms with Gasteiger partial charge in [-0.05, 0) is 140 Å². The Morgan fingerprint density at radius 2 is 1.75 bits per heavy atom. The summed E-state index contributed by atoms with van der Waals surface area (Å²) in [4.78, 5) is 30.4. The molecule has 0 bridgehead atoms. The Morgan fingerprint density at radius 3 is 2.42 bits per heavy atom. The minimum Gasteiger partial charge on any atom is -0.444 e. The van der Waals surface area contributed by atoms with Gasteiger partial charge in [0.1, 0.15) is 17.2 Å². The summed E-state index contributed by atoms with van der Waals surface area (Å²) in [6.07, 6.45) is 11.2. The molecule has 1 atom stereocenters. The van der Waals surface area contributed by atoms with Crippen LogP contribution in [0, 0.1) is 19.3 Å². The zero-order valence-corrected chi connectivity index (χ0v) is 32.0. The van der Waals surface area contributed by atoms with E-state index in [0.29, 0.717) is 5.92 Å². The van der Waals surface area contributed by atoms with E-state index in [9.17, 15) is 4.79 Å². The van der Waals surface area contributed by atoms with E-state index >= 15 is 0 Å². The van der Waals surface area contributed by atoms with Gasteiger partial charge in [0.25, 0.3) is 0 Å². The minimum absolute atomic E-state index is 0.0326. The number of nitrogens with zero attached hydrogens (tertiary/aromatic N) is 7. The van der Waals surface area contributed by atoms with E-state index in [1.165, 1.54) is 16.7 Å². The summed E-state index contributed by atoms with van der Waals surface area (Å²) in [5, 5.41) is 7.12. The fourth-order valence-corrected chi connectivity index (χ4v) is 9.08. The van der Waals surface area contributed by atoms with Gasteiger partial charge in [0.05, 0.1) is 17.2 Å². The zero-order chi connectivity index (χ0) is 36.4. The van der Waals surface area contributed by atoms with Crippen molar-refractivity contribution in [3.05, 3.63) is 53.5 Å². The van der Waals surface area contributed by atoms with Gasteiger partial charge in [-0.25, -0.2) is 19.4 Å². The number of rotatable bonds is 5. The first kappa shape index (κ1) is 35.0. The van der Waals surface area contributed by atoms with Crippen molar-refractivity contribution in [2.24, 2.45) is 5.41 Å². The van der Waals surface area contributed by atoms with Gasteiger partial charge < -0.3 is 24.2 Å². The Balaban J connectivity index is 1.18. The summed E-state index contributed by atoms with van der Waals surface area (Å²) in [6.45, 7) is 20.7. The minimum atomic E-state index is -0.484. The molecule has 0 saturated carbocycles. The van der Waals surface area contributed by atoms with Gasteiger partial charge in [0, 0.05) is 54.9 Å².